The number of pyridine rings is 1. The average Bonchev–Trinajstić information content (AvgIpc) is 2.96. The van der Waals surface area contributed by atoms with Crippen molar-refractivity contribution in [2.45, 2.75) is 13.8 Å². The summed E-state index contributed by atoms with van der Waals surface area (Å²) in [6, 6.07) is 10.8. The number of carbonyl (C=O) groups excluding carboxylic acids is 1. The third-order valence-electron chi connectivity index (χ3n) is 3.32. The molecule has 1 amide bonds. The number of rotatable bonds is 4. The molecule has 0 aliphatic heterocycles. The molecule has 0 saturated carbocycles. The van der Waals surface area contributed by atoms with E-state index in [0.29, 0.717) is 28.6 Å². The first-order valence-electron chi connectivity index (χ1n) is 7.25. The molecule has 3 aromatic rings. The van der Waals surface area contributed by atoms with Gasteiger partial charge in [0.25, 0.3) is 5.91 Å². The normalized spacial score (nSPS) is 10.5. The molecule has 0 radical (unpaired) electrons. The summed E-state index contributed by atoms with van der Waals surface area (Å²) < 4.78 is 5.94. The molecule has 0 bridgehead atoms. The Hall–Kier alpha value is -2.67. The molecule has 0 atom stereocenters. The summed E-state index contributed by atoms with van der Waals surface area (Å²) in [5.41, 5.74) is 2.80. The van der Waals surface area contributed by atoms with Gasteiger partial charge in [0.1, 0.15) is 11.5 Å². The van der Waals surface area contributed by atoms with Crippen molar-refractivity contribution >= 4 is 39.0 Å². The predicted octanol–water partition coefficient (Wildman–Crippen LogP) is 4.44. The molecule has 0 saturated heterocycles. The minimum absolute atomic E-state index is 0.286. The minimum atomic E-state index is -0.286. The number of nitrogens with zero attached hydrogens (tertiary/aromatic N) is 2. The van der Waals surface area contributed by atoms with Crippen LogP contribution in [0.3, 0.4) is 0 Å². The maximum absolute atomic E-state index is 12.4. The summed E-state index contributed by atoms with van der Waals surface area (Å²) in [7, 11) is 0. The van der Waals surface area contributed by atoms with E-state index in [0.717, 1.165) is 10.0 Å². The number of benzene rings is 1. The van der Waals surface area contributed by atoms with E-state index in [-0.39, 0.29) is 5.91 Å². The fraction of sp³-hybridized carbons (Fsp3) is 0.118. The van der Waals surface area contributed by atoms with Gasteiger partial charge >= 0.3 is 0 Å². The predicted molar refractivity (Wildman–Crippen MR) is 95.6 cm³/mol. The maximum Gasteiger partial charge on any atom is 0.274 e. The van der Waals surface area contributed by atoms with E-state index in [9.17, 15) is 4.79 Å². The minimum Gasteiger partial charge on any atom is -0.360 e. The molecule has 0 fully saturated rings. The second-order valence-corrected chi connectivity index (χ2v) is 6.15. The van der Waals surface area contributed by atoms with Gasteiger partial charge in [0.15, 0.2) is 5.82 Å². The Morgan fingerprint density at radius 1 is 1.12 bits per heavy atom. The lowest BCUT2D eigenvalue weighted by Crippen LogP contribution is -2.13. The summed E-state index contributed by atoms with van der Waals surface area (Å²) in [5, 5.41) is 9.76. The molecule has 2 heterocycles. The van der Waals surface area contributed by atoms with E-state index >= 15 is 0 Å². The largest absolute Gasteiger partial charge is 0.360 e. The van der Waals surface area contributed by atoms with Gasteiger partial charge in [0.05, 0.1) is 0 Å². The molecule has 7 heteroatoms. The Kier molecular flexibility index (Phi) is 4.61. The van der Waals surface area contributed by atoms with Crippen molar-refractivity contribution < 1.29 is 9.32 Å². The Bertz CT molecular complexity index is 892. The van der Waals surface area contributed by atoms with Crippen LogP contribution in [0.25, 0.3) is 0 Å². The van der Waals surface area contributed by atoms with Crippen molar-refractivity contribution in [2.24, 2.45) is 0 Å². The van der Waals surface area contributed by atoms with Crippen LogP contribution in [0, 0.1) is 13.8 Å². The molecule has 0 aliphatic rings. The van der Waals surface area contributed by atoms with Crippen molar-refractivity contribution in [3.05, 3.63) is 64.1 Å². The summed E-state index contributed by atoms with van der Waals surface area (Å²) in [6.07, 6.45) is 1.56. The van der Waals surface area contributed by atoms with Gasteiger partial charge in [-0.25, -0.2) is 0 Å². The van der Waals surface area contributed by atoms with Crippen molar-refractivity contribution in [1.82, 2.24) is 10.1 Å². The van der Waals surface area contributed by atoms with E-state index in [1.54, 1.807) is 24.4 Å². The number of hydrogen-bond donors (Lipinski definition) is 2. The quantitative estimate of drug-likeness (QED) is 0.692. The second-order valence-electron chi connectivity index (χ2n) is 5.30. The van der Waals surface area contributed by atoms with E-state index < -0.39 is 0 Å². The second kappa shape index (κ2) is 6.84. The molecule has 0 unspecified atom stereocenters. The fourth-order valence-corrected chi connectivity index (χ4v) is 2.45. The molecule has 6 nitrogen and oxygen atoms in total. The van der Waals surface area contributed by atoms with Gasteiger partial charge in [-0.1, -0.05) is 27.2 Å². The highest BCUT2D eigenvalue weighted by Gasteiger charge is 2.10. The Balaban J connectivity index is 1.75. The van der Waals surface area contributed by atoms with Crippen LogP contribution in [-0.4, -0.2) is 16.0 Å². The van der Waals surface area contributed by atoms with Gasteiger partial charge in [-0.15, -0.1) is 0 Å². The molecule has 3 rings (SSSR count). The molecule has 122 valence electrons. The van der Waals surface area contributed by atoms with Crippen LogP contribution in [-0.2, 0) is 0 Å². The van der Waals surface area contributed by atoms with Gasteiger partial charge in [0, 0.05) is 28.1 Å². The van der Waals surface area contributed by atoms with Crippen LogP contribution in [0.15, 0.2) is 51.6 Å². The van der Waals surface area contributed by atoms with Crippen molar-refractivity contribution in [2.75, 3.05) is 10.6 Å². The van der Waals surface area contributed by atoms with Gasteiger partial charge in [-0.05, 0) is 43.7 Å². The van der Waals surface area contributed by atoms with Crippen LogP contribution in [0.2, 0.25) is 0 Å². The highest BCUT2D eigenvalue weighted by molar-refractivity contribution is 9.10. The third kappa shape index (κ3) is 3.80. The molecular weight excluding hydrogens is 372 g/mol. The Morgan fingerprint density at radius 2 is 1.96 bits per heavy atom. The first-order valence-corrected chi connectivity index (χ1v) is 8.04. The van der Waals surface area contributed by atoms with Crippen LogP contribution >= 0.6 is 15.9 Å². The first-order chi connectivity index (χ1) is 11.5. The monoisotopic (exact) mass is 386 g/mol. The molecule has 2 N–H and O–H groups in total. The molecular formula is C17H15BrN4O2. The van der Waals surface area contributed by atoms with Crippen LogP contribution in [0.1, 0.15) is 21.8 Å². The van der Waals surface area contributed by atoms with Gasteiger partial charge in [0.2, 0.25) is 0 Å². The van der Waals surface area contributed by atoms with E-state index in [2.05, 4.69) is 36.7 Å². The molecule has 0 spiro atoms. The zero-order chi connectivity index (χ0) is 17.1. The average molecular weight is 387 g/mol. The standard InChI is InChI=1S/C17H15BrN4O2/c1-10-3-4-12(8-14(10)18)21-17(23)15-9-13(5-6-19-15)20-16-7-11(2)24-22-16/h3-9H,1-2H3,(H,21,23)(H,19,20,22). The van der Waals surface area contributed by atoms with Crippen LogP contribution < -0.4 is 10.6 Å². The van der Waals surface area contributed by atoms with Crippen molar-refractivity contribution in [3.8, 4) is 0 Å². The smallest absolute Gasteiger partial charge is 0.274 e. The number of aryl methyl sites for hydroxylation is 2. The topological polar surface area (TPSA) is 80.0 Å². The molecule has 24 heavy (non-hydrogen) atoms. The lowest BCUT2D eigenvalue weighted by atomic mass is 10.2. The number of anilines is 3. The lowest BCUT2D eigenvalue weighted by Gasteiger charge is -2.08. The first kappa shape index (κ1) is 16.2. The summed E-state index contributed by atoms with van der Waals surface area (Å²) in [5.74, 6) is 0.993. The van der Waals surface area contributed by atoms with Gasteiger partial charge < -0.3 is 15.2 Å². The number of hydrogen-bond acceptors (Lipinski definition) is 5. The third-order valence-corrected chi connectivity index (χ3v) is 4.18. The van der Waals surface area contributed by atoms with Crippen molar-refractivity contribution in [3.63, 3.8) is 0 Å². The zero-order valence-corrected chi connectivity index (χ0v) is 14.7. The zero-order valence-electron chi connectivity index (χ0n) is 13.1. The number of nitrogens with one attached hydrogen (secondary N) is 2. The van der Waals surface area contributed by atoms with Gasteiger partial charge in [-0.3, -0.25) is 9.78 Å². The van der Waals surface area contributed by atoms with Crippen LogP contribution in [0.5, 0.6) is 0 Å². The number of amides is 1. The highest BCUT2D eigenvalue weighted by Crippen LogP contribution is 2.21. The SMILES string of the molecule is Cc1cc(Nc2ccnc(C(=O)Nc3ccc(C)c(Br)c3)c2)no1. The summed E-state index contributed by atoms with van der Waals surface area (Å²) >= 11 is 3.45. The van der Waals surface area contributed by atoms with E-state index in [4.69, 9.17) is 4.52 Å². The summed E-state index contributed by atoms with van der Waals surface area (Å²) in [4.78, 5) is 16.5. The number of aromatic nitrogens is 2. The van der Waals surface area contributed by atoms with Gasteiger partial charge in [-0.2, -0.15) is 0 Å². The van der Waals surface area contributed by atoms with Crippen molar-refractivity contribution in [1.29, 1.82) is 0 Å². The molecule has 0 aliphatic carbocycles. The Morgan fingerprint density at radius 3 is 2.67 bits per heavy atom. The number of halogens is 1. The molecule has 1 aromatic carbocycles. The maximum atomic E-state index is 12.4. The van der Waals surface area contributed by atoms with Crippen LogP contribution in [0.4, 0.5) is 17.2 Å². The lowest BCUT2D eigenvalue weighted by molar-refractivity contribution is 0.102. The van der Waals surface area contributed by atoms with E-state index in [1.165, 1.54) is 0 Å². The number of carbonyl (C=O) groups is 1. The molecule has 2 aromatic heterocycles. The highest BCUT2D eigenvalue weighted by atomic mass is 79.9. The Labute approximate surface area is 147 Å². The summed E-state index contributed by atoms with van der Waals surface area (Å²) in [6.45, 7) is 3.79. The van der Waals surface area contributed by atoms with E-state index in [1.807, 2.05) is 32.0 Å². The fourth-order valence-electron chi connectivity index (χ4n) is 2.07.